The fraction of sp³-hybridized carbons (Fsp3) is 0.400. The lowest BCUT2D eigenvalue weighted by molar-refractivity contribution is -0.152. The lowest BCUT2D eigenvalue weighted by Gasteiger charge is -2.04. The SMILES string of the molecule is NC(=S)NC1CC(=O)OC1=O. The normalized spacial score (nSPS) is 23.1. The van der Waals surface area contributed by atoms with Crippen LogP contribution in [0, 0.1) is 0 Å². The van der Waals surface area contributed by atoms with E-state index in [1.54, 1.807) is 0 Å². The molecule has 1 fully saturated rings. The molecule has 1 aliphatic heterocycles. The van der Waals surface area contributed by atoms with E-state index in [0.29, 0.717) is 0 Å². The first kappa shape index (κ1) is 7.93. The number of nitrogens with two attached hydrogens (primary N) is 1. The number of thiocarbonyl (C=S) groups is 1. The number of carbonyl (C=O) groups excluding carboxylic acids is 2. The van der Waals surface area contributed by atoms with Crippen molar-refractivity contribution < 1.29 is 14.3 Å². The van der Waals surface area contributed by atoms with Gasteiger partial charge in [-0.05, 0) is 12.2 Å². The van der Waals surface area contributed by atoms with Crippen LogP contribution in [0.25, 0.3) is 0 Å². The quantitative estimate of drug-likeness (QED) is 0.291. The van der Waals surface area contributed by atoms with Gasteiger partial charge < -0.3 is 15.8 Å². The summed E-state index contributed by atoms with van der Waals surface area (Å²) in [5, 5.41) is 2.42. The summed E-state index contributed by atoms with van der Waals surface area (Å²) in [5.41, 5.74) is 5.08. The molecule has 1 atom stereocenters. The van der Waals surface area contributed by atoms with Crippen LogP contribution in [0.4, 0.5) is 0 Å². The summed E-state index contributed by atoms with van der Waals surface area (Å²) in [4.78, 5) is 21.2. The van der Waals surface area contributed by atoms with Crippen LogP contribution in [-0.2, 0) is 14.3 Å². The summed E-state index contributed by atoms with van der Waals surface area (Å²) >= 11 is 4.47. The molecule has 1 heterocycles. The number of ether oxygens (including phenoxy) is 1. The smallest absolute Gasteiger partial charge is 0.336 e. The van der Waals surface area contributed by atoms with E-state index < -0.39 is 18.0 Å². The Bertz CT molecular complexity index is 228. The molecule has 0 aromatic heterocycles. The Morgan fingerprint density at radius 3 is 2.73 bits per heavy atom. The maximum absolute atomic E-state index is 10.7. The van der Waals surface area contributed by atoms with E-state index in [2.05, 4.69) is 22.3 Å². The zero-order valence-electron chi connectivity index (χ0n) is 5.49. The summed E-state index contributed by atoms with van der Waals surface area (Å²) in [6.45, 7) is 0. The van der Waals surface area contributed by atoms with Crippen LogP contribution in [0.3, 0.4) is 0 Å². The molecular weight excluding hydrogens is 168 g/mol. The van der Waals surface area contributed by atoms with Crippen molar-refractivity contribution >= 4 is 29.3 Å². The third-order valence-electron chi connectivity index (χ3n) is 1.19. The highest BCUT2D eigenvalue weighted by molar-refractivity contribution is 7.80. The first-order valence-corrected chi connectivity index (χ1v) is 3.31. The number of hydrogen-bond donors (Lipinski definition) is 2. The average molecular weight is 174 g/mol. The minimum atomic E-state index is -0.694. The van der Waals surface area contributed by atoms with Crippen molar-refractivity contribution in [2.24, 2.45) is 5.73 Å². The molecule has 0 amide bonds. The minimum absolute atomic E-state index is 0.00380. The van der Waals surface area contributed by atoms with Crippen molar-refractivity contribution in [2.45, 2.75) is 12.5 Å². The molecule has 11 heavy (non-hydrogen) atoms. The summed E-state index contributed by atoms with van der Waals surface area (Å²) in [6.07, 6.45) is -0.00380. The third-order valence-corrected chi connectivity index (χ3v) is 1.30. The van der Waals surface area contributed by atoms with Crippen LogP contribution in [0.2, 0.25) is 0 Å². The second-order valence-corrected chi connectivity index (χ2v) is 2.50. The Labute approximate surface area is 67.9 Å². The van der Waals surface area contributed by atoms with E-state index >= 15 is 0 Å². The van der Waals surface area contributed by atoms with Crippen LogP contribution < -0.4 is 11.1 Å². The van der Waals surface area contributed by atoms with Crippen molar-refractivity contribution in [1.29, 1.82) is 0 Å². The maximum Gasteiger partial charge on any atom is 0.336 e. The van der Waals surface area contributed by atoms with Gasteiger partial charge in [-0.2, -0.15) is 0 Å². The molecule has 3 N–H and O–H groups in total. The highest BCUT2D eigenvalue weighted by Crippen LogP contribution is 2.06. The van der Waals surface area contributed by atoms with Gasteiger partial charge in [0.2, 0.25) is 0 Å². The molecule has 0 aliphatic carbocycles. The summed E-state index contributed by atoms with van der Waals surface area (Å²) in [7, 11) is 0. The molecule has 0 bridgehead atoms. The van der Waals surface area contributed by atoms with Gasteiger partial charge in [-0.25, -0.2) is 4.79 Å². The molecule has 0 radical (unpaired) electrons. The first-order chi connectivity index (χ1) is 5.09. The molecule has 1 rings (SSSR count). The lowest BCUT2D eigenvalue weighted by atomic mass is 10.2. The standard InChI is InChI=1S/C5H6N2O3S/c6-5(11)7-2-1-3(8)10-4(2)9/h2H,1H2,(H3,6,7,11). The van der Waals surface area contributed by atoms with E-state index in [1.165, 1.54) is 0 Å². The van der Waals surface area contributed by atoms with E-state index in [4.69, 9.17) is 5.73 Å². The van der Waals surface area contributed by atoms with Crippen LogP contribution in [0.5, 0.6) is 0 Å². The molecular formula is C5H6N2O3S. The number of hydrogen-bond acceptors (Lipinski definition) is 4. The van der Waals surface area contributed by atoms with E-state index in [0.717, 1.165) is 0 Å². The Morgan fingerprint density at radius 2 is 2.36 bits per heavy atom. The predicted octanol–water partition coefficient (Wildman–Crippen LogP) is -1.34. The molecule has 60 valence electrons. The van der Waals surface area contributed by atoms with Gasteiger partial charge in [-0.15, -0.1) is 0 Å². The van der Waals surface area contributed by atoms with Gasteiger partial charge in [0, 0.05) is 0 Å². The molecule has 5 nitrogen and oxygen atoms in total. The van der Waals surface area contributed by atoms with E-state index in [9.17, 15) is 9.59 Å². The molecule has 0 saturated carbocycles. The fourth-order valence-corrected chi connectivity index (χ4v) is 0.899. The molecule has 6 heteroatoms. The lowest BCUT2D eigenvalue weighted by Crippen LogP contribution is -2.40. The zero-order valence-corrected chi connectivity index (χ0v) is 6.31. The zero-order chi connectivity index (χ0) is 8.43. The van der Waals surface area contributed by atoms with Gasteiger partial charge in [0.1, 0.15) is 6.04 Å². The van der Waals surface area contributed by atoms with Crippen molar-refractivity contribution in [3.8, 4) is 0 Å². The molecule has 0 aromatic carbocycles. The van der Waals surface area contributed by atoms with Crippen molar-refractivity contribution in [3.05, 3.63) is 0 Å². The van der Waals surface area contributed by atoms with Gasteiger partial charge in [0.25, 0.3) is 0 Å². The monoisotopic (exact) mass is 174 g/mol. The number of esters is 2. The van der Waals surface area contributed by atoms with Gasteiger partial charge in [-0.1, -0.05) is 0 Å². The van der Waals surface area contributed by atoms with Crippen LogP contribution in [-0.4, -0.2) is 23.1 Å². The Balaban J connectivity index is 2.53. The number of rotatable bonds is 1. The van der Waals surface area contributed by atoms with Gasteiger partial charge in [0.15, 0.2) is 5.11 Å². The van der Waals surface area contributed by atoms with Gasteiger partial charge >= 0.3 is 11.9 Å². The molecule has 1 unspecified atom stereocenters. The number of cyclic esters (lactones) is 2. The fourth-order valence-electron chi connectivity index (χ4n) is 0.757. The Hall–Kier alpha value is -1.17. The van der Waals surface area contributed by atoms with Gasteiger partial charge in [0.05, 0.1) is 6.42 Å². The highest BCUT2D eigenvalue weighted by atomic mass is 32.1. The van der Waals surface area contributed by atoms with E-state index in [1.807, 2.05) is 0 Å². The van der Waals surface area contributed by atoms with Crippen LogP contribution in [0.15, 0.2) is 0 Å². The summed E-state index contributed by atoms with van der Waals surface area (Å²) in [5.74, 6) is -1.17. The molecule has 0 spiro atoms. The van der Waals surface area contributed by atoms with Crippen LogP contribution in [0.1, 0.15) is 6.42 Å². The minimum Gasteiger partial charge on any atom is -0.392 e. The average Bonchev–Trinajstić information content (AvgIpc) is 2.09. The Morgan fingerprint density at radius 1 is 1.73 bits per heavy atom. The van der Waals surface area contributed by atoms with Crippen molar-refractivity contribution in [3.63, 3.8) is 0 Å². The summed E-state index contributed by atoms with van der Waals surface area (Å²) < 4.78 is 4.22. The Kier molecular flexibility index (Phi) is 2.04. The molecule has 0 aromatic rings. The highest BCUT2D eigenvalue weighted by Gasteiger charge is 2.33. The molecule has 1 saturated heterocycles. The largest absolute Gasteiger partial charge is 0.392 e. The van der Waals surface area contributed by atoms with Crippen LogP contribution >= 0.6 is 12.2 Å². The second kappa shape index (κ2) is 2.83. The maximum atomic E-state index is 10.7. The third kappa shape index (κ3) is 1.87. The van der Waals surface area contributed by atoms with E-state index in [-0.39, 0.29) is 11.5 Å². The van der Waals surface area contributed by atoms with Crippen molar-refractivity contribution in [2.75, 3.05) is 0 Å². The summed E-state index contributed by atoms with van der Waals surface area (Å²) in [6, 6.07) is -0.694. The second-order valence-electron chi connectivity index (χ2n) is 2.06. The number of nitrogens with one attached hydrogen (secondary N) is 1. The first-order valence-electron chi connectivity index (χ1n) is 2.90. The predicted molar refractivity (Wildman–Crippen MR) is 39.4 cm³/mol. The van der Waals surface area contributed by atoms with Gasteiger partial charge in [-0.3, -0.25) is 4.79 Å². The number of carbonyl (C=O) groups is 2. The van der Waals surface area contributed by atoms with Crippen molar-refractivity contribution in [1.82, 2.24) is 5.32 Å². The molecule has 1 aliphatic rings. The topological polar surface area (TPSA) is 81.4 Å².